The first-order chi connectivity index (χ1) is 9.61. The topological polar surface area (TPSA) is 39.1 Å². The maximum atomic E-state index is 5.53. The van der Waals surface area contributed by atoms with Crippen LogP contribution < -0.4 is 10.1 Å². The van der Waals surface area contributed by atoms with Crippen LogP contribution in [-0.4, -0.2) is 29.2 Å². The van der Waals surface area contributed by atoms with Gasteiger partial charge in [0.25, 0.3) is 0 Å². The molecule has 4 nitrogen and oxygen atoms in total. The maximum Gasteiger partial charge on any atom is 0.121 e. The quantitative estimate of drug-likeness (QED) is 0.790. The van der Waals surface area contributed by atoms with Crippen molar-refractivity contribution in [1.82, 2.24) is 14.9 Å². The second kappa shape index (κ2) is 6.75. The smallest absolute Gasteiger partial charge is 0.121 e. The van der Waals surface area contributed by atoms with E-state index < -0.39 is 0 Å². The molecule has 0 saturated carbocycles. The van der Waals surface area contributed by atoms with Crippen molar-refractivity contribution in [2.45, 2.75) is 27.2 Å². The largest absolute Gasteiger partial charge is 0.494 e. The Morgan fingerprint density at radius 2 is 2.15 bits per heavy atom. The molecule has 0 aliphatic heterocycles. The molecule has 110 valence electrons. The summed E-state index contributed by atoms with van der Waals surface area (Å²) in [7, 11) is 2.08. The van der Waals surface area contributed by atoms with Crippen LogP contribution in [0, 0.1) is 5.92 Å². The highest BCUT2D eigenvalue weighted by Crippen LogP contribution is 2.21. The molecule has 1 heterocycles. The predicted octanol–water partition coefficient (Wildman–Crippen LogP) is 2.76. The van der Waals surface area contributed by atoms with E-state index >= 15 is 0 Å². The molecule has 2 rings (SSSR count). The van der Waals surface area contributed by atoms with Gasteiger partial charge in [0.1, 0.15) is 11.6 Å². The fraction of sp³-hybridized carbons (Fsp3) is 0.562. The highest BCUT2D eigenvalue weighted by Gasteiger charge is 2.08. The molecule has 0 aliphatic rings. The number of ether oxygens (including phenoxy) is 1. The fourth-order valence-corrected chi connectivity index (χ4v) is 2.30. The first kappa shape index (κ1) is 14.9. The lowest BCUT2D eigenvalue weighted by molar-refractivity contribution is 0.340. The Labute approximate surface area is 121 Å². The summed E-state index contributed by atoms with van der Waals surface area (Å²) in [5.74, 6) is 2.69. The van der Waals surface area contributed by atoms with Crippen molar-refractivity contribution in [1.29, 1.82) is 0 Å². The molecule has 0 aliphatic carbocycles. The van der Waals surface area contributed by atoms with Crippen molar-refractivity contribution < 1.29 is 4.74 Å². The molecule has 0 spiro atoms. The molecule has 20 heavy (non-hydrogen) atoms. The second-order valence-electron chi connectivity index (χ2n) is 5.52. The minimum Gasteiger partial charge on any atom is -0.494 e. The van der Waals surface area contributed by atoms with Crippen LogP contribution in [0.1, 0.15) is 26.6 Å². The third-order valence-electron chi connectivity index (χ3n) is 3.33. The zero-order chi connectivity index (χ0) is 14.5. The van der Waals surface area contributed by atoms with Gasteiger partial charge in [0, 0.05) is 26.1 Å². The minimum atomic E-state index is 0.684. The molecule has 0 unspecified atom stereocenters. The first-order valence-electron chi connectivity index (χ1n) is 7.40. The summed E-state index contributed by atoms with van der Waals surface area (Å²) in [4.78, 5) is 4.71. The molecule has 0 amide bonds. The molecule has 0 saturated heterocycles. The van der Waals surface area contributed by atoms with Crippen LogP contribution in [0.3, 0.4) is 0 Å². The van der Waals surface area contributed by atoms with E-state index in [4.69, 9.17) is 9.72 Å². The lowest BCUT2D eigenvalue weighted by Gasteiger charge is -2.07. The molecule has 2 aromatic rings. The first-order valence-corrected chi connectivity index (χ1v) is 7.40. The normalized spacial score (nSPS) is 11.4. The van der Waals surface area contributed by atoms with E-state index in [0.29, 0.717) is 12.5 Å². The van der Waals surface area contributed by atoms with Crippen molar-refractivity contribution in [2.24, 2.45) is 13.0 Å². The van der Waals surface area contributed by atoms with E-state index in [1.54, 1.807) is 0 Å². The molecule has 1 aromatic heterocycles. The van der Waals surface area contributed by atoms with E-state index in [9.17, 15) is 0 Å². The van der Waals surface area contributed by atoms with Crippen LogP contribution in [0.4, 0.5) is 0 Å². The summed E-state index contributed by atoms with van der Waals surface area (Å²) in [6.45, 7) is 9.14. The van der Waals surface area contributed by atoms with Crippen LogP contribution in [-0.2, 0) is 13.5 Å². The Balaban J connectivity index is 2.08. The summed E-state index contributed by atoms with van der Waals surface area (Å²) in [5.41, 5.74) is 2.17. The van der Waals surface area contributed by atoms with Gasteiger partial charge in [-0.15, -0.1) is 0 Å². The van der Waals surface area contributed by atoms with Gasteiger partial charge < -0.3 is 14.6 Å². The number of benzene rings is 1. The van der Waals surface area contributed by atoms with E-state index in [1.807, 2.05) is 19.1 Å². The third-order valence-corrected chi connectivity index (χ3v) is 3.33. The summed E-state index contributed by atoms with van der Waals surface area (Å²) in [5, 5.41) is 3.46. The number of aryl methyl sites for hydroxylation is 1. The van der Waals surface area contributed by atoms with Gasteiger partial charge in [-0.05, 0) is 31.5 Å². The fourth-order valence-electron chi connectivity index (χ4n) is 2.30. The van der Waals surface area contributed by atoms with Gasteiger partial charge in [0.05, 0.1) is 17.6 Å². The highest BCUT2D eigenvalue weighted by molar-refractivity contribution is 5.77. The standard InChI is InChI=1S/C16H25N3O/c1-5-20-13-6-7-15-14(10-13)18-16(19(15)4)8-9-17-11-12(2)3/h6-7,10,12,17H,5,8-9,11H2,1-4H3. The average molecular weight is 275 g/mol. The molecule has 0 fully saturated rings. The van der Waals surface area contributed by atoms with Gasteiger partial charge in [-0.1, -0.05) is 13.8 Å². The Kier molecular flexibility index (Phi) is 5.01. The molecular weight excluding hydrogens is 250 g/mol. The van der Waals surface area contributed by atoms with Gasteiger partial charge >= 0.3 is 0 Å². The number of nitrogens with one attached hydrogen (secondary N) is 1. The number of nitrogens with zero attached hydrogens (tertiary/aromatic N) is 2. The predicted molar refractivity (Wildman–Crippen MR) is 83.3 cm³/mol. The molecule has 1 aromatic carbocycles. The van der Waals surface area contributed by atoms with Gasteiger partial charge in [-0.3, -0.25) is 0 Å². The van der Waals surface area contributed by atoms with Crippen molar-refractivity contribution in [3.8, 4) is 5.75 Å². The van der Waals surface area contributed by atoms with Crippen molar-refractivity contribution in [3.63, 3.8) is 0 Å². The third kappa shape index (κ3) is 3.51. The summed E-state index contributed by atoms with van der Waals surface area (Å²) >= 11 is 0. The molecule has 4 heteroatoms. The van der Waals surface area contributed by atoms with Crippen molar-refractivity contribution in [3.05, 3.63) is 24.0 Å². The van der Waals surface area contributed by atoms with Crippen LogP contribution in [0.25, 0.3) is 11.0 Å². The number of fused-ring (bicyclic) bond motifs is 1. The van der Waals surface area contributed by atoms with Gasteiger partial charge in [0.15, 0.2) is 0 Å². The summed E-state index contributed by atoms with van der Waals surface area (Å²) < 4.78 is 7.70. The van der Waals surface area contributed by atoms with Gasteiger partial charge in [-0.25, -0.2) is 4.98 Å². The number of imidazole rings is 1. The summed E-state index contributed by atoms with van der Waals surface area (Å²) in [6, 6.07) is 6.11. The summed E-state index contributed by atoms with van der Waals surface area (Å²) in [6.07, 6.45) is 0.946. The molecular formula is C16H25N3O. The lowest BCUT2D eigenvalue weighted by Crippen LogP contribution is -2.23. The Bertz CT molecular complexity index is 560. The zero-order valence-corrected chi connectivity index (χ0v) is 12.9. The minimum absolute atomic E-state index is 0.684. The van der Waals surface area contributed by atoms with Crippen LogP contribution in [0.5, 0.6) is 5.75 Å². The molecule has 0 atom stereocenters. The number of rotatable bonds is 7. The van der Waals surface area contributed by atoms with Gasteiger partial charge in [-0.2, -0.15) is 0 Å². The van der Waals surface area contributed by atoms with Crippen molar-refractivity contribution >= 4 is 11.0 Å². The highest BCUT2D eigenvalue weighted by atomic mass is 16.5. The van der Waals surface area contributed by atoms with E-state index in [0.717, 1.165) is 42.1 Å². The monoisotopic (exact) mass is 275 g/mol. The SMILES string of the molecule is CCOc1ccc2c(c1)nc(CCNCC(C)C)n2C. The van der Waals surface area contributed by atoms with E-state index in [1.165, 1.54) is 0 Å². The van der Waals surface area contributed by atoms with E-state index in [2.05, 4.69) is 36.8 Å². The molecule has 0 bridgehead atoms. The average Bonchev–Trinajstić information content (AvgIpc) is 2.71. The van der Waals surface area contributed by atoms with Gasteiger partial charge in [0.2, 0.25) is 0 Å². The Morgan fingerprint density at radius 3 is 2.85 bits per heavy atom. The van der Waals surface area contributed by atoms with Crippen LogP contribution in [0.15, 0.2) is 18.2 Å². The van der Waals surface area contributed by atoms with Crippen LogP contribution in [0.2, 0.25) is 0 Å². The van der Waals surface area contributed by atoms with Crippen LogP contribution >= 0.6 is 0 Å². The Hall–Kier alpha value is -1.55. The van der Waals surface area contributed by atoms with E-state index in [-0.39, 0.29) is 0 Å². The maximum absolute atomic E-state index is 5.53. The number of aromatic nitrogens is 2. The second-order valence-corrected chi connectivity index (χ2v) is 5.52. The molecule has 0 radical (unpaired) electrons. The Morgan fingerprint density at radius 1 is 1.35 bits per heavy atom. The number of hydrogen-bond donors (Lipinski definition) is 1. The lowest BCUT2D eigenvalue weighted by atomic mass is 10.2. The molecule has 1 N–H and O–H groups in total. The van der Waals surface area contributed by atoms with Crippen molar-refractivity contribution in [2.75, 3.05) is 19.7 Å². The number of hydrogen-bond acceptors (Lipinski definition) is 3. The zero-order valence-electron chi connectivity index (χ0n) is 12.9.